The molecule has 2 aliphatic rings. The Morgan fingerprint density at radius 3 is 2.38 bits per heavy atom. The van der Waals surface area contributed by atoms with Crippen molar-refractivity contribution in [2.45, 2.75) is 58.7 Å². The molecule has 0 aliphatic carbocycles. The summed E-state index contributed by atoms with van der Waals surface area (Å²) < 4.78 is 33.3. The summed E-state index contributed by atoms with van der Waals surface area (Å²) in [6, 6.07) is 2.20. The number of piperidine rings is 1. The van der Waals surface area contributed by atoms with Crippen molar-refractivity contribution in [3.63, 3.8) is 0 Å². The quantitative estimate of drug-likeness (QED) is 0.761. The average Bonchev–Trinajstić information content (AvgIpc) is 2.99. The van der Waals surface area contributed by atoms with Crippen LogP contribution in [0.1, 0.15) is 44.7 Å². The van der Waals surface area contributed by atoms with Crippen LogP contribution in [0.5, 0.6) is 0 Å². The Hall–Kier alpha value is -2.38. The Balaban J connectivity index is 1.56. The number of hydrogen-bond acceptors (Lipinski definition) is 3. The maximum absolute atomic E-state index is 14.1. The van der Waals surface area contributed by atoms with Crippen LogP contribution in [0.25, 0.3) is 0 Å². The number of nitrogens with zero attached hydrogens (tertiary/aromatic N) is 3. The molecule has 0 N–H and O–H groups in total. The van der Waals surface area contributed by atoms with Crippen molar-refractivity contribution in [2.24, 2.45) is 0 Å². The van der Waals surface area contributed by atoms with Gasteiger partial charge in [0, 0.05) is 37.8 Å². The number of hydrogen-bond donors (Lipinski definition) is 0. The molecule has 0 spiro atoms. The van der Waals surface area contributed by atoms with E-state index in [0.717, 1.165) is 6.07 Å². The van der Waals surface area contributed by atoms with Crippen LogP contribution in [0, 0.1) is 18.6 Å². The van der Waals surface area contributed by atoms with Crippen molar-refractivity contribution in [1.82, 2.24) is 14.7 Å². The van der Waals surface area contributed by atoms with E-state index in [9.17, 15) is 18.4 Å². The monoisotopic (exact) mass is 409 g/mol. The summed E-state index contributed by atoms with van der Waals surface area (Å²) in [5, 5.41) is 0. The molecule has 2 saturated heterocycles. The van der Waals surface area contributed by atoms with Crippen molar-refractivity contribution >= 4 is 12.1 Å². The fourth-order valence-electron chi connectivity index (χ4n) is 3.79. The van der Waals surface area contributed by atoms with E-state index in [4.69, 9.17) is 4.74 Å². The lowest BCUT2D eigenvalue weighted by Gasteiger charge is -2.37. The maximum atomic E-state index is 14.1. The lowest BCUT2D eigenvalue weighted by Crippen LogP contribution is -2.49. The standard InChI is InChI=1S/C21H29F2N3O3/c1-14-11-18(23)15(12-17(14)22)13-25-9-10-26(19(25)27)16-5-7-24(8-6-16)20(28)29-21(2,3)4/h11-12,16H,5-10,13H2,1-4H3. The van der Waals surface area contributed by atoms with Gasteiger partial charge in [0.1, 0.15) is 17.2 Å². The van der Waals surface area contributed by atoms with Gasteiger partial charge in [-0.1, -0.05) is 0 Å². The smallest absolute Gasteiger partial charge is 0.410 e. The highest BCUT2D eigenvalue weighted by Crippen LogP contribution is 2.25. The second kappa shape index (κ2) is 8.16. The molecule has 0 aromatic heterocycles. The Morgan fingerprint density at radius 2 is 1.76 bits per heavy atom. The van der Waals surface area contributed by atoms with Crippen molar-refractivity contribution in [3.05, 3.63) is 34.9 Å². The first kappa shape index (κ1) is 21.3. The zero-order valence-corrected chi connectivity index (χ0v) is 17.5. The molecule has 2 heterocycles. The van der Waals surface area contributed by atoms with Crippen molar-refractivity contribution in [2.75, 3.05) is 26.2 Å². The van der Waals surface area contributed by atoms with Gasteiger partial charge in [0.15, 0.2) is 0 Å². The number of urea groups is 1. The molecule has 0 bridgehead atoms. The summed E-state index contributed by atoms with van der Waals surface area (Å²) in [5.41, 5.74) is -0.107. The predicted molar refractivity (Wildman–Crippen MR) is 104 cm³/mol. The fraction of sp³-hybridized carbons (Fsp3) is 0.619. The van der Waals surface area contributed by atoms with Gasteiger partial charge in [-0.05, 0) is 58.2 Å². The van der Waals surface area contributed by atoms with Crippen LogP contribution in [0.4, 0.5) is 18.4 Å². The Kier molecular flexibility index (Phi) is 6.00. The van der Waals surface area contributed by atoms with E-state index in [1.807, 2.05) is 20.8 Å². The van der Waals surface area contributed by atoms with E-state index in [0.29, 0.717) is 39.0 Å². The molecule has 0 saturated carbocycles. The van der Waals surface area contributed by atoms with Gasteiger partial charge in [-0.15, -0.1) is 0 Å². The minimum Gasteiger partial charge on any atom is -0.444 e. The van der Waals surface area contributed by atoms with Gasteiger partial charge >= 0.3 is 12.1 Å². The van der Waals surface area contributed by atoms with Crippen LogP contribution < -0.4 is 0 Å². The van der Waals surface area contributed by atoms with Crippen LogP contribution in [0.3, 0.4) is 0 Å². The minimum absolute atomic E-state index is 0.0331. The van der Waals surface area contributed by atoms with Crippen LogP contribution in [0.15, 0.2) is 12.1 Å². The third-order valence-electron chi connectivity index (χ3n) is 5.37. The number of benzene rings is 1. The molecule has 6 nitrogen and oxygen atoms in total. The number of halogens is 2. The van der Waals surface area contributed by atoms with E-state index in [2.05, 4.69) is 0 Å². The zero-order valence-electron chi connectivity index (χ0n) is 17.5. The Morgan fingerprint density at radius 1 is 1.10 bits per heavy atom. The van der Waals surface area contributed by atoms with E-state index >= 15 is 0 Å². The van der Waals surface area contributed by atoms with Gasteiger partial charge in [-0.2, -0.15) is 0 Å². The molecule has 0 unspecified atom stereocenters. The van der Waals surface area contributed by atoms with E-state index < -0.39 is 17.2 Å². The lowest BCUT2D eigenvalue weighted by molar-refractivity contribution is 0.0170. The highest BCUT2D eigenvalue weighted by Gasteiger charge is 2.37. The summed E-state index contributed by atoms with van der Waals surface area (Å²) in [7, 11) is 0. The summed E-state index contributed by atoms with van der Waals surface area (Å²) >= 11 is 0. The number of aryl methyl sites for hydroxylation is 1. The summed E-state index contributed by atoms with van der Waals surface area (Å²) in [5.74, 6) is -0.972. The van der Waals surface area contributed by atoms with Crippen molar-refractivity contribution in [1.29, 1.82) is 0 Å². The molecule has 3 amide bonds. The van der Waals surface area contributed by atoms with Gasteiger partial charge < -0.3 is 19.4 Å². The molecule has 8 heteroatoms. The second-order valence-corrected chi connectivity index (χ2v) is 8.79. The molecule has 0 atom stereocenters. The van der Waals surface area contributed by atoms with Crippen LogP contribution in [-0.4, -0.2) is 64.6 Å². The first-order chi connectivity index (χ1) is 13.5. The number of rotatable bonds is 3. The van der Waals surface area contributed by atoms with E-state index in [1.165, 1.54) is 13.0 Å². The SMILES string of the molecule is Cc1cc(F)c(CN2CCN(C3CCN(C(=O)OC(C)(C)C)CC3)C2=O)cc1F. The number of ether oxygens (including phenoxy) is 1. The molecule has 160 valence electrons. The number of carbonyl (C=O) groups excluding carboxylic acids is 2. The summed E-state index contributed by atoms with van der Waals surface area (Å²) in [6.07, 6.45) is 1.01. The first-order valence-corrected chi connectivity index (χ1v) is 10.0. The van der Waals surface area contributed by atoms with Crippen molar-refractivity contribution < 1.29 is 23.1 Å². The molecule has 0 radical (unpaired) electrons. The highest BCUT2D eigenvalue weighted by atomic mass is 19.1. The Labute approximate surface area is 170 Å². The van der Waals surface area contributed by atoms with E-state index in [1.54, 1.807) is 14.7 Å². The highest BCUT2D eigenvalue weighted by molar-refractivity contribution is 5.77. The lowest BCUT2D eigenvalue weighted by atomic mass is 10.0. The largest absolute Gasteiger partial charge is 0.444 e. The molecule has 3 rings (SSSR count). The molecule has 29 heavy (non-hydrogen) atoms. The van der Waals surface area contributed by atoms with Gasteiger partial charge in [-0.3, -0.25) is 0 Å². The summed E-state index contributed by atoms with van der Waals surface area (Å²) in [6.45, 7) is 9.13. The fourth-order valence-corrected chi connectivity index (χ4v) is 3.79. The summed E-state index contributed by atoms with van der Waals surface area (Å²) in [4.78, 5) is 30.0. The van der Waals surface area contributed by atoms with Crippen LogP contribution in [-0.2, 0) is 11.3 Å². The molecular weight excluding hydrogens is 380 g/mol. The third-order valence-corrected chi connectivity index (χ3v) is 5.37. The van der Waals surface area contributed by atoms with Crippen molar-refractivity contribution in [3.8, 4) is 0 Å². The normalized spacial score (nSPS) is 18.6. The first-order valence-electron chi connectivity index (χ1n) is 10.0. The molecule has 2 fully saturated rings. The van der Waals surface area contributed by atoms with Gasteiger partial charge in [-0.25, -0.2) is 18.4 Å². The number of carbonyl (C=O) groups is 2. The maximum Gasteiger partial charge on any atom is 0.410 e. The van der Waals surface area contributed by atoms with Gasteiger partial charge in [0.2, 0.25) is 0 Å². The van der Waals surface area contributed by atoms with E-state index in [-0.39, 0.29) is 35.8 Å². The number of likely N-dealkylation sites (tertiary alicyclic amines) is 1. The van der Waals surface area contributed by atoms with Gasteiger partial charge in [0.05, 0.1) is 6.54 Å². The molecule has 1 aromatic rings. The Bertz CT molecular complexity index is 786. The van der Waals surface area contributed by atoms with Crippen LogP contribution in [0.2, 0.25) is 0 Å². The number of amides is 3. The zero-order chi connectivity index (χ0) is 21.3. The average molecular weight is 409 g/mol. The predicted octanol–water partition coefficient (Wildman–Crippen LogP) is 3.91. The molecule has 2 aliphatic heterocycles. The third kappa shape index (κ3) is 4.97. The van der Waals surface area contributed by atoms with Gasteiger partial charge in [0.25, 0.3) is 0 Å². The van der Waals surface area contributed by atoms with Crippen LogP contribution >= 0.6 is 0 Å². The minimum atomic E-state index is -0.538. The molecule has 1 aromatic carbocycles. The topological polar surface area (TPSA) is 53.1 Å². The second-order valence-electron chi connectivity index (χ2n) is 8.79. The molecular formula is C21H29F2N3O3.